The van der Waals surface area contributed by atoms with E-state index in [1.807, 2.05) is 24.3 Å². The average molecular weight is 264 g/mol. The van der Waals surface area contributed by atoms with Gasteiger partial charge in [0.05, 0.1) is 20.3 Å². The maximum atomic E-state index is 11.8. The van der Waals surface area contributed by atoms with Crippen molar-refractivity contribution < 1.29 is 23.7 Å². The first-order valence-corrected chi connectivity index (χ1v) is 6.33. The van der Waals surface area contributed by atoms with Gasteiger partial charge in [0.15, 0.2) is 12.1 Å². The minimum Gasteiger partial charge on any atom is -0.497 e. The summed E-state index contributed by atoms with van der Waals surface area (Å²) >= 11 is 0. The van der Waals surface area contributed by atoms with Crippen molar-refractivity contribution in [3.8, 4) is 5.75 Å². The molecule has 2 heterocycles. The molecular weight excluding hydrogens is 248 g/mol. The first-order chi connectivity index (χ1) is 9.28. The van der Waals surface area contributed by atoms with Crippen LogP contribution < -0.4 is 4.74 Å². The zero-order valence-corrected chi connectivity index (χ0v) is 10.7. The van der Waals surface area contributed by atoms with Crippen molar-refractivity contribution in [2.75, 3.05) is 20.3 Å². The molecule has 1 aromatic carbocycles. The van der Waals surface area contributed by atoms with Crippen molar-refractivity contribution in [3.63, 3.8) is 0 Å². The molecule has 0 spiro atoms. The fraction of sp³-hybridized carbons (Fsp3) is 0.500. The minimum atomic E-state index is -0.516. The highest BCUT2D eigenvalue weighted by atomic mass is 16.7. The number of hydrogen-bond acceptors (Lipinski definition) is 5. The summed E-state index contributed by atoms with van der Waals surface area (Å²) in [5.41, 5.74) is 0.873. The molecule has 0 N–H and O–H groups in total. The SMILES string of the molecule is COc1ccc(C2OC[C@H]3OCCC(=O)[C@@H]3O2)cc1. The summed E-state index contributed by atoms with van der Waals surface area (Å²) in [7, 11) is 1.62. The number of fused-ring (bicyclic) bond motifs is 1. The highest BCUT2D eigenvalue weighted by Gasteiger charge is 2.40. The van der Waals surface area contributed by atoms with Crippen molar-refractivity contribution in [1.82, 2.24) is 0 Å². The van der Waals surface area contributed by atoms with E-state index < -0.39 is 12.4 Å². The Morgan fingerprint density at radius 3 is 2.74 bits per heavy atom. The molecule has 3 rings (SSSR count). The number of ketones is 1. The molecule has 2 fully saturated rings. The van der Waals surface area contributed by atoms with Gasteiger partial charge in [0.25, 0.3) is 0 Å². The Labute approximate surface area is 111 Å². The zero-order valence-electron chi connectivity index (χ0n) is 10.7. The van der Waals surface area contributed by atoms with Gasteiger partial charge >= 0.3 is 0 Å². The van der Waals surface area contributed by atoms with Gasteiger partial charge in [-0.25, -0.2) is 0 Å². The third kappa shape index (κ3) is 2.49. The molecule has 0 saturated carbocycles. The lowest BCUT2D eigenvalue weighted by molar-refractivity contribution is -0.266. The predicted molar refractivity (Wildman–Crippen MR) is 65.9 cm³/mol. The number of benzene rings is 1. The monoisotopic (exact) mass is 264 g/mol. The smallest absolute Gasteiger partial charge is 0.184 e. The average Bonchev–Trinajstić information content (AvgIpc) is 2.47. The van der Waals surface area contributed by atoms with Crippen molar-refractivity contribution in [2.45, 2.75) is 24.9 Å². The normalized spacial score (nSPS) is 30.8. The molecule has 0 amide bonds. The number of carbonyl (C=O) groups excluding carboxylic acids is 1. The maximum absolute atomic E-state index is 11.8. The van der Waals surface area contributed by atoms with Crippen LogP contribution in [0.25, 0.3) is 0 Å². The third-order valence-corrected chi connectivity index (χ3v) is 3.41. The van der Waals surface area contributed by atoms with Crippen LogP contribution in [0.2, 0.25) is 0 Å². The Hall–Kier alpha value is -1.43. The van der Waals surface area contributed by atoms with Crippen LogP contribution in [-0.2, 0) is 19.0 Å². The molecule has 0 aromatic heterocycles. The minimum absolute atomic E-state index is 0.0954. The molecule has 5 heteroatoms. The summed E-state index contributed by atoms with van der Waals surface area (Å²) in [6.07, 6.45) is -0.876. The van der Waals surface area contributed by atoms with E-state index in [1.54, 1.807) is 7.11 Å². The predicted octanol–water partition coefficient (Wildman–Crippen LogP) is 1.47. The van der Waals surface area contributed by atoms with Gasteiger partial charge in [-0.15, -0.1) is 0 Å². The molecule has 1 aromatic rings. The second-order valence-corrected chi connectivity index (χ2v) is 4.62. The molecule has 102 valence electrons. The Morgan fingerprint density at radius 2 is 2.00 bits per heavy atom. The summed E-state index contributed by atoms with van der Waals surface area (Å²) in [4.78, 5) is 11.8. The summed E-state index contributed by atoms with van der Waals surface area (Å²) in [6, 6.07) is 7.43. The van der Waals surface area contributed by atoms with Crippen molar-refractivity contribution >= 4 is 5.78 Å². The Morgan fingerprint density at radius 1 is 1.21 bits per heavy atom. The molecule has 0 aliphatic carbocycles. The third-order valence-electron chi connectivity index (χ3n) is 3.41. The summed E-state index contributed by atoms with van der Waals surface area (Å²) < 4.78 is 21.9. The largest absolute Gasteiger partial charge is 0.497 e. The number of Topliss-reactive ketones (excluding diaryl/α,β-unsaturated/α-hetero) is 1. The summed E-state index contributed by atoms with van der Waals surface area (Å²) in [5.74, 6) is 0.868. The van der Waals surface area contributed by atoms with Gasteiger partial charge in [-0.2, -0.15) is 0 Å². The van der Waals surface area contributed by atoms with Gasteiger partial charge in [-0.3, -0.25) is 4.79 Å². The van der Waals surface area contributed by atoms with E-state index in [0.717, 1.165) is 11.3 Å². The van der Waals surface area contributed by atoms with E-state index in [1.165, 1.54) is 0 Å². The van der Waals surface area contributed by atoms with Gasteiger partial charge in [0.1, 0.15) is 18.0 Å². The fourth-order valence-electron chi connectivity index (χ4n) is 2.34. The summed E-state index contributed by atoms with van der Waals surface area (Å²) in [6.45, 7) is 0.840. The molecule has 2 aliphatic heterocycles. The Balaban J connectivity index is 1.73. The van der Waals surface area contributed by atoms with Crippen LogP contribution >= 0.6 is 0 Å². The number of rotatable bonds is 2. The van der Waals surface area contributed by atoms with Gasteiger partial charge < -0.3 is 18.9 Å². The molecule has 2 saturated heterocycles. The van der Waals surface area contributed by atoms with Gasteiger partial charge in [0.2, 0.25) is 0 Å². The second-order valence-electron chi connectivity index (χ2n) is 4.62. The Bertz CT molecular complexity index is 455. The van der Waals surface area contributed by atoms with Crippen LogP contribution in [0.4, 0.5) is 0 Å². The van der Waals surface area contributed by atoms with Gasteiger partial charge in [-0.05, 0) is 12.1 Å². The van der Waals surface area contributed by atoms with Crippen molar-refractivity contribution in [3.05, 3.63) is 29.8 Å². The highest BCUT2D eigenvalue weighted by Crippen LogP contribution is 2.31. The lowest BCUT2D eigenvalue weighted by atomic mass is 10.0. The van der Waals surface area contributed by atoms with E-state index in [-0.39, 0.29) is 11.9 Å². The van der Waals surface area contributed by atoms with Crippen LogP contribution in [0.1, 0.15) is 18.3 Å². The van der Waals surface area contributed by atoms with E-state index in [4.69, 9.17) is 18.9 Å². The molecular formula is C14H16O5. The number of hydrogen-bond donors (Lipinski definition) is 0. The lowest BCUT2D eigenvalue weighted by Gasteiger charge is -2.38. The number of methoxy groups -OCH3 is 1. The first-order valence-electron chi connectivity index (χ1n) is 6.33. The quantitative estimate of drug-likeness (QED) is 0.809. The lowest BCUT2D eigenvalue weighted by Crippen LogP contribution is -2.50. The molecule has 3 atom stereocenters. The summed E-state index contributed by atoms with van der Waals surface area (Å²) in [5, 5.41) is 0. The van der Waals surface area contributed by atoms with Crippen LogP contribution in [0, 0.1) is 0 Å². The maximum Gasteiger partial charge on any atom is 0.184 e. The van der Waals surface area contributed by atoms with Crippen LogP contribution in [-0.4, -0.2) is 38.3 Å². The van der Waals surface area contributed by atoms with Crippen LogP contribution in [0.3, 0.4) is 0 Å². The van der Waals surface area contributed by atoms with E-state index >= 15 is 0 Å². The second kappa shape index (κ2) is 5.28. The molecule has 0 bridgehead atoms. The number of carbonyl (C=O) groups is 1. The fourth-order valence-corrected chi connectivity index (χ4v) is 2.34. The molecule has 0 radical (unpaired) electrons. The highest BCUT2D eigenvalue weighted by molar-refractivity contribution is 5.84. The number of ether oxygens (including phenoxy) is 4. The van der Waals surface area contributed by atoms with E-state index in [2.05, 4.69) is 0 Å². The topological polar surface area (TPSA) is 54.0 Å². The molecule has 1 unspecified atom stereocenters. The van der Waals surface area contributed by atoms with Crippen molar-refractivity contribution in [1.29, 1.82) is 0 Å². The van der Waals surface area contributed by atoms with Gasteiger partial charge in [0, 0.05) is 12.0 Å². The van der Waals surface area contributed by atoms with Crippen molar-refractivity contribution in [2.24, 2.45) is 0 Å². The first kappa shape index (κ1) is 12.6. The molecule has 5 nitrogen and oxygen atoms in total. The molecule has 2 aliphatic rings. The van der Waals surface area contributed by atoms with Gasteiger partial charge in [-0.1, -0.05) is 12.1 Å². The Kier molecular flexibility index (Phi) is 3.50. The van der Waals surface area contributed by atoms with E-state index in [0.29, 0.717) is 19.6 Å². The zero-order chi connectivity index (χ0) is 13.2. The molecule has 19 heavy (non-hydrogen) atoms. The van der Waals surface area contributed by atoms with Crippen LogP contribution in [0.15, 0.2) is 24.3 Å². The van der Waals surface area contributed by atoms with E-state index in [9.17, 15) is 4.79 Å². The standard InChI is InChI=1S/C14H16O5/c1-16-10-4-2-9(3-5-10)14-18-8-12-13(19-14)11(15)6-7-17-12/h2-5,12-14H,6-8H2,1H3/t12-,13+,14?/m1/s1. The van der Waals surface area contributed by atoms with Crippen LogP contribution in [0.5, 0.6) is 5.75 Å².